The van der Waals surface area contributed by atoms with E-state index >= 15 is 0 Å². The van der Waals surface area contributed by atoms with Gasteiger partial charge in [0.2, 0.25) is 21.6 Å². The number of Topliss-reactive ketones (excluding diaryl/α,β-unsaturated/α-hetero) is 1. The van der Waals surface area contributed by atoms with Crippen molar-refractivity contribution in [3.63, 3.8) is 0 Å². The molecule has 8 nitrogen and oxygen atoms in total. The molecule has 3 rings (SSSR count). The molecule has 2 aromatic heterocycles. The van der Waals surface area contributed by atoms with Gasteiger partial charge in [0.15, 0.2) is 6.61 Å². The lowest BCUT2D eigenvalue weighted by atomic mass is 10.1. The average molecular weight is 466 g/mol. The van der Waals surface area contributed by atoms with Gasteiger partial charge in [0, 0.05) is 22.4 Å². The zero-order chi connectivity index (χ0) is 22.6. The van der Waals surface area contributed by atoms with Gasteiger partial charge in [-0.2, -0.15) is 0 Å². The van der Waals surface area contributed by atoms with Crippen molar-refractivity contribution in [1.29, 1.82) is 0 Å². The van der Waals surface area contributed by atoms with E-state index in [1.165, 1.54) is 11.3 Å². The minimum Gasteiger partial charge on any atom is -0.494 e. The summed E-state index contributed by atoms with van der Waals surface area (Å²) in [7, 11) is -3.25. The molecule has 1 aromatic carbocycles. The van der Waals surface area contributed by atoms with Crippen molar-refractivity contribution < 1.29 is 31.9 Å². The third-order valence-corrected chi connectivity index (χ3v) is 6.33. The van der Waals surface area contributed by atoms with E-state index in [0.29, 0.717) is 34.8 Å². The van der Waals surface area contributed by atoms with E-state index in [1.807, 2.05) is 6.92 Å². The van der Waals surface area contributed by atoms with Crippen LogP contribution in [-0.4, -0.2) is 46.2 Å². The smallest absolute Gasteiger partial charge is 0.375 e. The zero-order valence-electron chi connectivity index (χ0n) is 17.4. The molecular weight excluding hydrogens is 442 g/mol. The first-order chi connectivity index (χ1) is 14.7. The summed E-state index contributed by atoms with van der Waals surface area (Å²) >= 11 is 1.24. The number of hydrogen-bond acceptors (Lipinski definition) is 8. The summed E-state index contributed by atoms with van der Waals surface area (Å²) in [6.45, 7) is 3.99. The fourth-order valence-corrected chi connectivity index (χ4v) is 4.35. The van der Waals surface area contributed by atoms with Crippen molar-refractivity contribution in [3.8, 4) is 5.75 Å². The molecule has 0 fully saturated rings. The number of rotatable bonds is 10. The van der Waals surface area contributed by atoms with Gasteiger partial charge in [-0.25, -0.2) is 17.9 Å². The predicted molar refractivity (Wildman–Crippen MR) is 118 cm³/mol. The fraction of sp³-hybridized carbons (Fsp3) is 0.333. The second-order valence-corrected chi connectivity index (χ2v) is 9.83. The van der Waals surface area contributed by atoms with E-state index < -0.39 is 22.6 Å². The first-order valence-corrected chi connectivity index (χ1v) is 12.3. The van der Waals surface area contributed by atoms with Crippen molar-refractivity contribution >= 4 is 44.1 Å². The van der Waals surface area contributed by atoms with E-state index in [0.717, 1.165) is 16.5 Å². The number of aryl methyl sites for hydroxylation is 1. The van der Waals surface area contributed by atoms with Crippen LogP contribution in [0.2, 0.25) is 0 Å². The van der Waals surface area contributed by atoms with Crippen LogP contribution in [0.3, 0.4) is 0 Å². The van der Waals surface area contributed by atoms with Gasteiger partial charge in [0.05, 0.1) is 17.7 Å². The molecule has 10 heteroatoms. The number of sulfonamides is 1. The van der Waals surface area contributed by atoms with E-state index in [1.54, 1.807) is 37.3 Å². The predicted octanol–water partition coefficient (Wildman–Crippen LogP) is 3.33. The quantitative estimate of drug-likeness (QED) is 0.361. The standard InChI is InChI=1S/C21H23NO7S2/c1-4-27-14-5-7-18-16(11-14)13(2)20(29-18)21(24)28-12-17(23)19-8-6-15(30-19)9-10-22-31(3,25)26/h5-8,11,22H,4,9-10,12H2,1-3H3. The first-order valence-electron chi connectivity index (χ1n) is 9.57. The highest BCUT2D eigenvalue weighted by molar-refractivity contribution is 7.88. The van der Waals surface area contributed by atoms with Crippen LogP contribution < -0.4 is 9.46 Å². The van der Waals surface area contributed by atoms with Crippen LogP contribution in [-0.2, 0) is 21.2 Å². The molecule has 0 aliphatic rings. The van der Waals surface area contributed by atoms with Crippen molar-refractivity contribution in [1.82, 2.24) is 4.72 Å². The van der Waals surface area contributed by atoms with Gasteiger partial charge in [0.1, 0.15) is 11.3 Å². The fourth-order valence-electron chi connectivity index (χ4n) is 2.94. The third-order valence-electron chi connectivity index (χ3n) is 4.41. The summed E-state index contributed by atoms with van der Waals surface area (Å²) in [6.07, 6.45) is 1.55. The minimum atomic E-state index is -3.25. The molecule has 0 saturated heterocycles. The average Bonchev–Trinajstić information content (AvgIpc) is 3.30. The van der Waals surface area contributed by atoms with E-state index in [9.17, 15) is 18.0 Å². The molecular formula is C21H23NO7S2. The van der Waals surface area contributed by atoms with Gasteiger partial charge in [-0.3, -0.25) is 4.79 Å². The number of nitrogens with one attached hydrogen (secondary N) is 1. The highest BCUT2D eigenvalue weighted by Crippen LogP contribution is 2.29. The molecule has 0 aliphatic heterocycles. The molecule has 3 aromatic rings. The van der Waals surface area contributed by atoms with Crippen molar-refractivity contribution in [2.45, 2.75) is 20.3 Å². The minimum absolute atomic E-state index is 0.0511. The maximum absolute atomic E-state index is 12.5. The molecule has 0 atom stereocenters. The molecule has 0 saturated carbocycles. The second kappa shape index (κ2) is 9.63. The Morgan fingerprint density at radius 3 is 2.68 bits per heavy atom. The lowest BCUT2D eigenvalue weighted by Gasteiger charge is -2.02. The second-order valence-electron chi connectivity index (χ2n) is 6.83. The van der Waals surface area contributed by atoms with Gasteiger partial charge in [-0.05, 0) is 50.6 Å². The number of furan rings is 1. The number of ether oxygens (including phenoxy) is 2. The number of hydrogen-bond donors (Lipinski definition) is 1. The summed E-state index contributed by atoms with van der Waals surface area (Å²) in [5, 5.41) is 0.745. The summed E-state index contributed by atoms with van der Waals surface area (Å²) in [4.78, 5) is 26.1. The lowest BCUT2D eigenvalue weighted by molar-refractivity contribution is 0.0446. The van der Waals surface area contributed by atoms with Crippen LogP contribution in [0.15, 0.2) is 34.7 Å². The molecule has 31 heavy (non-hydrogen) atoms. The number of fused-ring (bicyclic) bond motifs is 1. The maximum atomic E-state index is 12.5. The van der Waals surface area contributed by atoms with Gasteiger partial charge in [-0.1, -0.05) is 0 Å². The normalized spacial score (nSPS) is 11.6. The number of esters is 1. The lowest BCUT2D eigenvalue weighted by Crippen LogP contribution is -2.24. The summed E-state index contributed by atoms with van der Waals surface area (Å²) < 4.78 is 40.9. The third kappa shape index (κ3) is 5.93. The number of carbonyl (C=O) groups excluding carboxylic acids is 2. The summed E-state index contributed by atoms with van der Waals surface area (Å²) in [6, 6.07) is 8.67. The van der Waals surface area contributed by atoms with Crippen LogP contribution in [0.5, 0.6) is 5.75 Å². The summed E-state index contributed by atoms with van der Waals surface area (Å²) in [5.41, 5.74) is 1.15. The number of carbonyl (C=O) groups is 2. The highest BCUT2D eigenvalue weighted by Gasteiger charge is 2.21. The molecule has 166 valence electrons. The van der Waals surface area contributed by atoms with E-state index in [4.69, 9.17) is 13.9 Å². The molecule has 0 radical (unpaired) electrons. The van der Waals surface area contributed by atoms with Crippen LogP contribution in [0.25, 0.3) is 11.0 Å². The monoisotopic (exact) mass is 465 g/mol. The Morgan fingerprint density at radius 1 is 1.19 bits per heavy atom. The summed E-state index contributed by atoms with van der Waals surface area (Å²) in [5.74, 6) is -0.327. The van der Waals surface area contributed by atoms with Gasteiger partial charge < -0.3 is 13.9 Å². The Balaban J connectivity index is 1.60. The van der Waals surface area contributed by atoms with Crippen molar-refractivity contribution in [2.75, 3.05) is 26.0 Å². The van der Waals surface area contributed by atoms with Gasteiger partial charge in [0.25, 0.3) is 0 Å². The SMILES string of the molecule is CCOc1ccc2oc(C(=O)OCC(=O)c3ccc(CCNS(C)(=O)=O)s3)c(C)c2c1. The Morgan fingerprint density at radius 2 is 1.97 bits per heavy atom. The van der Waals surface area contributed by atoms with Crippen LogP contribution in [0, 0.1) is 6.92 Å². The Hall–Kier alpha value is -2.69. The van der Waals surface area contributed by atoms with Crippen molar-refractivity contribution in [2.24, 2.45) is 0 Å². The molecule has 0 bridgehead atoms. The molecule has 0 spiro atoms. The molecule has 0 aliphatic carbocycles. The zero-order valence-corrected chi connectivity index (χ0v) is 19.0. The van der Waals surface area contributed by atoms with Crippen LogP contribution >= 0.6 is 11.3 Å². The number of thiophene rings is 1. The Labute approximate surface area is 184 Å². The Bertz CT molecular complexity index is 1210. The topological polar surface area (TPSA) is 112 Å². The Kier molecular flexibility index (Phi) is 7.14. The number of ketones is 1. The van der Waals surface area contributed by atoms with Gasteiger partial charge >= 0.3 is 5.97 Å². The molecule has 0 amide bonds. The van der Waals surface area contributed by atoms with Crippen LogP contribution in [0.4, 0.5) is 0 Å². The first kappa shape index (κ1) is 23.0. The maximum Gasteiger partial charge on any atom is 0.375 e. The largest absolute Gasteiger partial charge is 0.494 e. The van der Waals surface area contributed by atoms with E-state index in [2.05, 4.69) is 4.72 Å². The molecule has 1 N–H and O–H groups in total. The highest BCUT2D eigenvalue weighted by atomic mass is 32.2. The van der Waals surface area contributed by atoms with Crippen LogP contribution in [0.1, 0.15) is 37.6 Å². The van der Waals surface area contributed by atoms with Crippen molar-refractivity contribution in [3.05, 3.63) is 51.4 Å². The molecule has 0 unspecified atom stereocenters. The number of benzene rings is 1. The molecule has 2 heterocycles. The van der Waals surface area contributed by atoms with Gasteiger partial charge in [-0.15, -0.1) is 11.3 Å². The van der Waals surface area contributed by atoms with E-state index in [-0.39, 0.29) is 18.1 Å².